The van der Waals surface area contributed by atoms with Gasteiger partial charge in [0.1, 0.15) is 4.90 Å². The van der Waals surface area contributed by atoms with E-state index in [0.29, 0.717) is 0 Å². The van der Waals surface area contributed by atoms with Gasteiger partial charge in [-0.2, -0.15) is 22.6 Å². The summed E-state index contributed by atoms with van der Waals surface area (Å²) in [5, 5.41) is 12.6. The van der Waals surface area contributed by atoms with E-state index in [4.69, 9.17) is 5.11 Å². The SMILES string of the molecule is O=S(=O)(c1cnn(CCO)c1)N1CCC(C(F)(F)F)CC1. The van der Waals surface area contributed by atoms with E-state index in [0.717, 1.165) is 10.5 Å². The maximum atomic E-state index is 12.6. The van der Waals surface area contributed by atoms with Crippen LogP contribution >= 0.6 is 0 Å². The summed E-state index contributed by atoms with van der Waals surface area (Å²) >= 11 is 0. The van der Waals surface area contributed by atoms with E-state index >= 15 is 0 Å². The zero-order valence-electron chi connectivity index (χ0n) is 11.1. The van der Waals surface area contributed by atoms with Crippen LogP contribution in [0, 0.1) is 5.92 Å². The molecule has 1 aliphatic rings. The summed E-state index contributed by atoms with van der Waals surface area (Å²) in [6.07, 6.45) is -2.33. The molecule has 10 heteroatoms. The smallest absolute Gasteiger partial charge is 0.391 e. The Morgan fingerprint density at radius 2 is 1.95 bits per heavy atom. The Hall–Kier alpha value is -1.13. The standard InChI is InChI=1S/C11H16F3N3O3S/c12-11(13,14)9-1-3-17(4-2-9)21(19,20)10-7-15-16(8-10)5-6-18/h7-9,18H,1-6H2. The lowest BCUT2D eigenvalue weighted by molar-refractivity contribution is -0.182. The third-order valence-corrected chi connectivity index (χ3v) is 5.34. The lowest BCUT2D eigenvalue weighted by Gasteiger charge is -2.31. The Labute approximate surface area is 120 Å². The Kier molecular flexibility index (Phi) is 4.59. The van der Waals surface area contributed by atoms with Crippen LogP contribution in [0.2, 0.25) is 0 Å². The highest BCUT2D eigenvalue weighted by Crippen LogP contribution is 2.35. The average molecular weight is 327 g/mol. The molecule has 0 aromatic carbocycles. The molecule has 1 N–H and O–H groups in total. The second kappa shape index (κ2) is 5.93. The summed E-state index contributed by atoms with van der Waals surface area (Å²) in [5.74, 6) is -1.44. The minimum absolute atomic E-state index is 0.0681. The van der Waals surface area contributed by atoms with Crippen molar-refractivity contribution in [1.82, 2.24) is 14.1 Å². The lowest BCUT2D eigenvalue weighted by atomic mass is 9.98. The zero-order chi connectivity index (χ0) is 15.7. The Balaban J connectivity index is 2.07. The first-order valence-corrected chi connectivity index (χ1v) is 7.89. The molecular weight excluding hydrogens is 311 g/mol. The molecular formula is C11H16F3N3O3S. The van der Waals surface area contributed by atoms with E-state index in [1.807, 2.05) is 0 Å². The molecule has 0 unspecified atom stereocenters. The number of rotatable bonds is 4. The largest absolute Gasteiger partial charge is 0.394 e. The van der Waals surface area contributed by atoms with Crippen LogP contribution in [0.1, 0.15) is 12.8 Å². The molecule has 1 aromatic rings. The molecule has 0 spiro atoms. The highest BCUT2D eigenvalue weighted by Gasteiger charge is 2.43. The van der Waals surface area contributed by atoms with Gasteiger partial charge in [0.25, 0.3) is 0 Å². The maximum Gasteiger partial charge on any atom is 0.391 e. The van der Waals surface area contributed by atoms with E-state index in [1.54, 1.807) is 0 Å². The van der Waals surface area contributed by atoms with Gasteiger partial charge in [0, 0.05) is 19.3 Å². The van der Waals surface area contributed by atoms with Crippen molar-refractivity contribution in [3.63, 3.8) is 0 Å². The van der Waals surface area contributed by atoms with Crippen LogP contribution in [0.15, 0.2) is 17.3 Å². The number of halogens is 3. The zero-order valence-corrected chi connectivity index (χ0v) is 11.9. The van der Waals surface area contributed by atoms with Gasteiger partial charge in [-0.15, -0.1) is 0 Å². The number of hydrogen-bond acceptors (Lipinski definition) is 4. The first-order chi connectivity index (χ1) is 9.75. The number of piperidine rings is 1. The Bertz CT molecular complexity index is 577. The van der Waals surface area contributed by atoms with E-state index < -0.39 is 22.1 Å². The number of aliphatic hydroxyl groups is 1. The van der Waals surface area contributed by atoms with Gasteiger partial charge < -0.3 is 5.11 Å². The average Bonchev–Trinajstić information content (AvgIpc) is 2.88. The quantitative estimate of drug-likeness (QED) is 0.889. The van der Waals surface area contributed by atoms with Crippen LogP contribution in [0.4, 0.5) is 13.2 Å². The number of nitrogens with zero attached hydrogens (tertiary/aromatic N) is 3. The van der Waals surface area contributed by atoms with Crippen molar-refractivity contribution in [1.29, 1.82) is 0 Å². The fourth-order valence-corrected chi connectivity index (χ4v) is 3.70. The van der Waals surface area contributed by atoms with Gasteiger partial charge in [-0.05, 0) is 12.8 Å². The van der Waals surface area contributed by atoms with Crippen molar-refractivity contribution in [2.24, 2.45) is 5.92 Å². The number of hydrogen-bond donors (Lipinski definition) is 1. The van der Waals surface area contributed by atoms with Crippen LogP contribution in [0.3, 0.4) is 0 Å². The van der Waals surface area contributed by atoms with E-state index in [1.165, 1.54) is 10.9 Å². The fourth-order valence-electron chi connectivity index (χ4n) is 2.28. The van der Waals surface area contributed by atoms with E-state index in [-0.39, 0.29) is 44.0 Å². The molecule has 1 saturated heterocycles. The molecule has 0 aliphatic carbocycles. The summed E-state index contributed by atoms with van der Waals surface area (Å²) < 4.78 is 64.6. The molecule has 2 heterocycles. The Morgan fingerprint density at radius 3 is 2.48 bits per heavy atom. The fraction of sp³-hybridized carbons (Fsp3) is 0.727. The van der Waals surface area contributed by atoms with E-state index in [9.17, 15) is 21.6 Å². The van der Waals surface area contributed by atoms with Crippen LogP contribution in [0.25, 0.3) is 0 Å². The number of aromatic nitrogens is 2. The highest BCUT2D eigenvalue weighted by atomic mass is 32.2. The maximum absolute atomic E-state index is 12.6. The summed E-state index contributed by atoms with van der Waals surface area (Å²) in [6, 6.07) is 0. The highest BCUT2D eigenvalue weighted by molar-refractivity contribution is 7.89. The third kappa shape index (κ3) is 3.55. The predicted molar refractivity (Wildman–Crippen MR) is 66.9 cm³/mol. The molecule has 21 heavy (non-hydrogen) atoms. The van der Waals surface area contributed by atoms with Gasteiger partial charge in [-0.25, -0.2) is 8.42 Å². The molecule has 1 aromatic heterocycles. The van der Waals surface area contributed by atoms with Crippen molar-refractivity contribution in [2.75, 3.05) is 19.7 Å². The third-order valence-electron chi connectivity index (χ3n) is 3.49. The van der Waals surface area contributed by atoms with Crippen molar-refractivity contribution in [3.05, 3.63) is 12.4 Å². The lowest BCUT2D eigenvalue weighted by Crippen LogP contribution is -2.41. The normalized spacial score (nSPS) is 19.0. The molecule has 0 amide bonds. The van der Waals surface area contributed by atoms with Crippen LogP contribution in [-0.2, 0) is 16.6 Å². The van der Waals surface area contributed by atoms with Crippen molar-refractivity contribution < 1.29 is 26.7 Å². The molecule has 0 bridgehead atoms. The second-order valence-electron chi connectivity index (χ2n) is 4.88. The molecule has 6 nitrogen and oxygen atoms in total. The Morgan fingerprint density at radius 1 is 1.33 bits per heavy atom. The van der Waals surface area contributed by atoms with E-state index in [2.05, 4.69) is 5.10 Å². The summed E-state index contributed by atoms with van der Waals surface area (Å²) in [4.78, 5) is -0.0681. The van der Waals surface area contributed by atoms with Crippen LogP contribution < -0.4 is 0 Å². The van der Waals surface area contributed by atoms with Gasteiger partial charge >= 0.3 is 6.18 Å². The summed E-state index contributed by atoms with van der Waals surface area (Å²) in [6.45, 7) is -0.334. The first-order valence-electron chi connectivity index (χ1n) is 6.45. The molecule has 0 atom stereocenters. The number of aliphatic hydroxyl groups excluding tert-OH is 1. The molecule has 1 fully saturated rings. The van der Waals surface area contributed by atoms with Crippen molar-refractivity contribution >= 4 is 10.0 Å². The molecule has 2 rings (SSSR count). The molecule has 120 valence electrons. The van der Waals surface area contributed by atoms with Crippen molar-refractivity contribution in [2.45, 2.75) is 30.5 Å². The van der Waals surface area contributed by atoms with Gasteiger partial charge in [0.2, 0.25) is 10.0 Å². The molecule has 0 saturated carbocycles. The van der Waals surface area contributed by atoms with Gasteiger partial charge in [0.15, 0.2) is 0 Å². The van der Waals surface area contributed by atoms with Gasteiger partial charge in [-0.3, -0.25) is 4.68 Å². The monoisotopic (exact) mass is 327 g/mol. The molecule has 0 radical (unpaired) electrons. The predicted octanol–water partition coefficient (Wildman–Crippen LogP) is 0.838. The van der Waals surface area contributed by atoms with Gasteiger partial charge in [-0.1, -0.05) is 0 Å². The first kappa shape index (κ1) is 16.2. The summed E-state index contributed by atoms with van der Waals surface area (Å²) in [7, 11) is -3.83. The minimum Gasteiger partial charge on any atom is -0.394 e. The topological polar surface area (TPSA) is 75.4 Å². The van der Waals surface area contributed by atoms with Crippen LogP contribution in [-0.4, -0.2) is 53.5 Å². The minimum atomic E-state index is -4.28. The number of sulfonamides is 1. The van der Waals surface area contributed by atoms with Gasteiger partial charge in [0.05, 0.1) is 25.3 Å². The molecule has 1 aliphatic heterocycles. The number of alkyl halides is 3. The van der Waals surface area contributed by atoms with Crippen LogP contribution in [0.5, 0.6) is 0 Å². The summed E-state index contributed by atoms with van der Waals surface area (Å²) in [5.41, 5.74) is 0. The van der Waals surface area contributed by atoms with Crippen molar-refractivity contribution in [3.8, 4) is 0 Å². The second-order valence-corrected chi connectivity index (χ2v) is 6.82.